The average molecular weight is 450 g/mol. The van der Waals surface area contributed by atoms with E-state index < -0.39 is 0 Å². The Morgan fingerprint density at radius 3 is 2.47 bits per heavy atom. The van der Waals surface area contributed by atoms with E-state index in [0.717, 1.165) is 11.3 Å². The molecule has 0 unspecified atom stereocenters. The van der Waals surface area contributed by atoms with E-state index in [1.807, 2.05) is 72.5 Å². The highest BCUT2D eigenvalue weighted by Gasteiger charge is 2.19. The smallest absolute Gasteiger partial charge is 0.246 e. The molecule has 4 aromatic rings. The van der Waals surface area contributed by atoms with E-state index in [1.54, 1.807) is 23.9 Å². The average Bonchev–Trinajstić information content (AvgIpc) is 3.43. The van der Waals surface area contributed by atoms with E-state index in [1.165, 1.54) is 4.68 Å². The first-order chi connectivity index (χ1) is 15.6. The van der Waals surface area contributed by atoms with E-state index in [0.29, 0.717) is 28.6 Å². The van der Waals surface area contributed by atoms with Crippen LogP contribution in [0.15, 0.2) is 73.1 Å². The molecule has 0 spiro atoms. The van der Waals surface area contributed by atoms with Crippen molar-refractivity contribution in [2.75, 3.05) is 19.0 Å². The predicted molar refractivity (Wildman–Crippen MR) is 125 cm³/mol. The van der Waals surface area contributed by atoms with Crippen LogP contribution in [-0.4, -0.2) is 38.8 Å². The number of hydrogen-bond donors (Lipinski definition) is 1. The van der Waals surface area contributed by atoms with Gasteiger partial charge in [-0.3, -0.25) is 9.47 Å². The first-order valence-corrected chi connectivity index (χ1v) is 10.5. The molecule has 1 amide bonds. The monoisotopic (exact) mass is 449 g/mol. The molecule has 9 heteroatoms. The van der Waals surface area contributed by atoms with Crippen molar-refractivity contribution in [3.63, 3.8) is 0 Å². The van der Waals surface area contributed by atoms with Gasteiger partial charge < -0.3 is 14.8 Å². The summed E-state index contributed by atoms with van der Waals surface area (Å²) in [5.74, 6) is 1.73. The number of methoxy groups -OCH3 is 1. The molecule has 2 aromatic carbocycles. The van der Waals surface area contributed by atoms with Gasteiger partial charge in [0, 0.05) is 18.1 Å². The van der Waals surface area contributed by atoms with Crippen LogP contribution in [0.5, 0.6) is 11.5 Å². The number of para-hydroxylation sites is 1. The lowest BCUT2D eigenvalue weighted by Gasteiger charge is -2.10. The zero-order valence-corrected chi connectivity index (χ0v) is 18.6. The Bertz CT molecular complexity index is 1260. The van der Waals surface area contributed by atoms with E-state index in [4.69, 9.17) is 21.7 Å². The molecule has 1 N–H and O–H groups in total. The molecule has 0 fully saturated rings. The quantitative estimate of drug-likeness (QED) is 0.407. The van der Waals surface area contributed by atoms with E-state index >= 15 is 0 Å². The van der Waals surface area contributed by atoms with Crippen LogP contribution < -0.4 is 14.8 Å². The summed E-state index contributed by atoms with van der Waals surface area (Å²) in [6, 6.07) is 18.5. The van der Waals surface area contributed by atoms with Crippen molar-refractivity contribution in [2.45, 2.75) is 13.5 Å². The third-order valence-electron chi connectivity index (χ3n) is 4.73. The maximum Gasteiger partial charge on any atom is 0.246 e. The topological polar surface area (TPSA) is 75.2 Å². The van der Waals surface area contributed by atoms with Gasteiger partial charge in [-0.25, -0.2) is 9.36 Å². The largest absolute Gasteiger partial charge is 0.496 e. The van der Waals surface area contributed by atoms with Crippen LogP contribution in [0.4, 0.5) is 5.69 Å². The van der Waals surface area contributed by atoms with Crippen molar-refractivity contribution in [3.8, 4) is 22.9 Å². The molecule has 0 atom stereocenters. The number of nitrogens with zero attached hydrogens (tertiary/aromatic N) is 4. The summed E-state index contributed by atoms with van der Waals surface area (Å²) in [4.78, 5) is 12.7. The molecule has 2 aromatic heterocycles. The van der Waals surface area contributed by atoms with Crippen molar-refractivity contribution in [2.24, 2.45) is 0 Å². The summed E-state index contributed by atoms with van der Waals surface area (Å²) in [6.45, 7) is 2.47. The zero-order chi connectivity index (χ0) is 22.5. The molecule has 0 bridgehead atoms. The first-order valence-electron chi connectivity index (χ1n) is 10.1. The molecule has 0 saturated carbocycles. The fourth-order valence-corrected chi connectivity index (χ4v) is 3.59. The standard InChI is InChI=1S/C23H23N5O3S/c1-3-31-18-12-10-17(11-13-18)24-21(29)16-27-23(32)28(26-14-6-7-15-26)22(25-27)19-8-4-5-9-20(19)30-2/h4-15H,3,16H2,1-2H3,(H,24,29). The van der Waals surface area contributed by atoms with Gasteiger partial charge in [0.15, 0.2) is 5.82 Å². The summed E-state index contributed by atoms with van der Waals surface area (Å²) in [6.07, 6.45) is 3.72. The van der Waals surface area contributed by atoms with Crippen LogP contribution in [0, 0.1) is 4.77 Å². The summed E-state index contributed by atoms with van der Waals surface area (Å²) in [5, 5.41) is 7.53. The normalized spacial score (nSPS) is 10.7. The maximum atomic E-state index is 12.7. The molecule has 8 nitrogen and oxygen atoms in total. The summed E-state index contributed by atoms with van der Waals surface area (Å²) < 4.78 is 16.4. The third-order valence-corrected chi connectivity index (χ3v) is 5.11. The number of anilines is 1. The Kier molecular flexibility index (Phi) is 6.37. The second-order valence-electron chi connectivity index (χ2n) is 6.84. The number of carbonyl (C=O) groups excluding carboxylic acids is 1. The van der Waals surface area contributed by atoms with Crippen LogP contribution in [-0.2, 0) is 11.3 Å². The number of amides is 1. The van der Waals surface area contributed by atoms with Crippen LogP contribution in [0.25, 0.3) is 11.4 Å². The molecule has 2 heterocycles. The van der Waals surface area contributed by atoms with E-state index in [2.05, 4.69) is 10.4 Å². The van der Waals surface area contributed by atoms with Gasteiger partial charge in [-0.2, -0.15) is 0 Å². The van der Waals surface area contributed by atoms with Gasteiger partial charge in [0.25, 0.3) is 0 Å². The van der Waals surface area contributed by atoms with Gasteiger partial charge in [-0.05, 0) is 67.7 Å². The van der Waals surface area contributed by atoms with Gasteiger partial charge >= 0.3 is 0 Å². The first kappa shape index (κ1) is 21.4. The SMILES string of the molecule is CCOc1ccc(NC(=O)Cn2nc(-c3ccccc3OC)n(-n3cccc3)c2=S)cc1. The lowest BCUT2D eigenvalue weighted by atomic mass is 10.2. The lowest BCUT2D eigenvalue weighted by molar-refractivity contribution is -0.116. The Morgan fingerprint density at radius 2 is 1.78 bits per heavy atom. The second kappa shape index (κ2) is 9.52. The number of carbonyl (C=O) groups is 1. The minimum absolute atomic E-state index is 0.0392. The molecule has 0 aliphatic rings. The van der Waals surface area contributed by atoms with Crippen LogP contribution in [0.2, 0.25) is 0 Å². The van der Waals surface area contributed by atoms with E-state index in [-0.39, 0.29) is 12.5 Å². The summed E-state index contributed by atoms with van der Waals surface area (Å²) in [5.41, 5.74) is 1.43. The minimum atomic E-state index is -0.242. The van der Waals surface area contributed by atoms with Crippen LogP contribution in [0.3, 0.4) is 0 Å². The number of nitrogens with one attached hydrogen (secondary N) is 1. The van der Waals surface area contributed by atoms with Gasteiger partial charge in [-0.1, -0.05) is 12.1 Å². The highest BCUT2D eigenvalue weighted by Crippen LogP contribution is 2.29. The van der Waals surface area contributed by atoms with Crippen molar-refractivity contribution >= 4 is 23.8 Å². The van der Waals surface area contributed by atoms with E-state index in [9.17, 15) is 4.79 Å². The van der Waals surface area contributed by atoms with Gasteiger partial charge in [0.2, 0.25) is 10.7 Å². The van der Waals surface area contributed by atoms with Gasteiger partial charge in [0.1, 0.15) is 18.0 Å². The summed E-state index contributed by atoms with van der Waals surface area (Å²) in [7, 11) is 1.61. The minimum Gasteiger partial charge on any atom is -0.496 e. The number of benzene rings is 2. The summed E-state index contributed by atoms with van der Waals surface area (Å²) >= 11 is 5.67. The highest BCUT2D eigenvalue weighted by atomic mass is 32.1. The Morgan fingerprint density at radius 1 is 1.06 bits per heavy atom. The fourth-order valence-electron chi connectivity index (χ4n) is 3.30. The predicted octanol–water partition coefficient (Wildman–Crippen LogP) is 4.24. The Labute approximate surface area is 190 Å². The molecule has 0 radical (unpaired) electrons. The molecule has 0 saturated heterocycles. The molecule has 0 aliphatic heterocycles. The fraction of sp³-hybridized carbons (Fsp3) is 0.174. The molecule has 4 rings (SSSR count). The third kappa shape index (κ3) is 4.42. The number of hydrogen-bond acceptors (Lipinski definition) is 5. The van der Waals surface area contributed by atoms with Crippen molar-refractivity contribution in [3.05, 3.63) is 77.8 Å². The van der Waals surface area contributed by atoms with Crippen molar-refractivity contribution in [1.29, 1.82) is 0 Å². The highest BCUT2D eigenvalue weighted by molar-refractivity contribution is 7.71. The maximum absolute atomic E-state index is 12.7. The van der Waals surface area contributed by atoms with Gasteiger partial charge in [-0.15, -0.1) is 5.10 Å². The van der Waals surface area contributed by atoms with Crippen LogP contribution in [0.1, 0.15) is 6.92 Å². The van der Waals surface area contributed by atoms with Crippen molar-refractivity contribution < 1.29 is 14.3 Å². The molecule has 0 aliphatic carbocycles. The Balaban J connectivity index is 1.65. The zero-order valence-electron chi connectivity index (χ0n) is 17.8. The van der Waals surface area contributed by atoms with Gasteiger partial charge in [0.05, 0.1) is 19.3 Å². The number of ether oxygens (including phenoxy) is 2. The number of aromatic nitrogens is 4. The number of rotatable bonds is 8. The van der Waals surface area contributed by atoms with Crippen molar-refractivity contribution in [1.82, 2.24) is 19.1 Å². The second-order valence-corrected chi connectivity index (χ2v) is 7.21. The molecule has 164 valence electrons. The Hall–Kier alpha value is -3.85. The van der Waals surface area contributed by atoms with Crippen LogP contribution >= 0.6 is 12.2 Å². The molecular weight excluding hydrogens is 426 g/mol. The lowest BCUT2D eigenvalue weighted by Crippen LogP contribution is -2.20. The molecule has 32 heavy (non-hydrogen) atoms. The molecular formula is C23H23N5O3S.